The van der Waals surface area contributed by atoms with Gasteiger partial charge in [0.15, 0.2) is 0 Å². The highest BCUT2D eigenvalue weighted by atomic mass is 16.3. The van der Waals surface area contributed by atoms with Gasteiger partial charge in [-0.2, -0.15) is 0 Å². The van der Waals surface area contributed by atoms with Crippen molar-refractivity contribution in [3.8, 4) is 0 Å². The molecule has 1 aliphatic carbocycles. The quantitative estimate of drug-likeness (QED) is 0.877. The maximum atomic E-state index is 10.1. The second-order valence-electron chi connectivity index (χ2n) is 6.98. The van der Waals surface area contributed by atoms with Crippen molar-refractivity contribution in [1.29, 1.82) is 0 Å². The summed E-state index contributed by atoms with van der Waals surface area (Å²) in [6.45, 7) is 3.55. The van der Waals surface area contributed by atoms with E-state index in [1.54, 1.807) is 0 Å². The highest BCUT2D eigenvalue weighted by Crippen LogP contribution is 2.21. The van der Waals surface area contributed by atoms with Crippen molar-refractivity contribution in [3.63, 3.8) is 0 Å². The maximum Gasteiger partial charge on any atom is 0.0693 e. The molecule has 0 aromatic heterocycles. The first kappa shape index (κ1) is 16.0. The third-order valence-corrected chi connectivity index (χ3v) is 5.33. The minimum Gasteiger partial charge on any atom is -0.392 e. The zero-order chi connectivity index (χ0) is 15.2. The first-order valence-electron chi connectivity index (χ1n) is 9.01. The Kier molecular flexibility index (Phi) is 5.88. The summed E-state index contributed by atoms with van der Waals surface area (Å²) in [5.74, 6) is 0. The third kappa shape index (κ3) is 4.55. The molecule has 0 amide bonds. The topological polar surface area (TPSA) is 35.5 Å². The number of hydrogen-bond acceptors (Lipinski definition) is 3. The number of piperidine rings is 1. The van der Waals surface area contributed by atoms with Crippen LogP contribution in [-0.2, 0) is 6.42 Å². The first-order valence-corrected chi connectivity index (χ1v) is 9.01. The molecule has 1 aliphatic heterocycles. The number of benzene rings is 1. The van der Waals surface area contributed by atoms with Gasteiger partial charge in [0.2, 0.25) is 0 Å². The van der Waals surface area contributed by atoms with E-state index in [-0.39, 0.29) is 6.10 Å². The summed E-state index contributed by atoms with van der Waals surface area (Å²) in [5.41, 5.74) is 1.44. The molecule has 1 saturated carbocycles. The summed E-state index contributed by atoms with van der Waals surface area (Å²) >= 11 is 0. The second kappa shape index (κ2) is 8.09. The SMILES string of the molecule is OC1CCCCC1NC1CCN(CCc2ccccc2)CC1. The van der Waals surface area contributed by atoms with Gasteiger partial charge in [-0.15, -0.1) is 0 Å². The largest absolute Gasteiger partial charge is 0.392 e. The normalized spacial score (nSPS) is 27.9. The van der Waals surface area contributed by atoms with Crippen molar-refractivity contribution in [2.75, 3.05) is 19.6 Å². The van der Waals surface area contributed by atoms with Crippen molar-refractivity contribution < 1.29 is 5.11 Å². The third-order valence-electron chi connectivity index (χ3n) is 5.33. The van der Waals surface area contributed by atoms with Crippen molar-refractivity contribution >= 4 is 0 Å². The van der Waals surface area contributed by atoms with Crippen LogP contribution in [0.5, 0.6) is 0 Å². The van der Waals surface area contributed by atoms with Crippen molar-refractivity contribution in [2.24, 2.45) is 0 Å². The predicted molar refractivity (Wildman–Crippen MR) is 91.0 cm³/mol. The van der Waals surface area contributed by atoms with Crippen LogP contribution in [0.3, 0.4) is 0 Å². The van der Waals surface area contributed by atoms with Crippen LogP contribution in [-0.4, -0.2) is 47.8 Å². The van der Waals surface area contributed by atoms with E-state index in [2.05, 4.69) is 40.5 Å². The van der Waals surface area contributed by atoms with Crippen molar-refractivity contribution in [2.45, 2.75) is 63.1 Å². The van der Waals surface area contributed by atoms with Gasteiger partial charge >= 0.3 is 0 Å². The number of likely N-dealkylation sites (tertiary alicyclic amines) is 1. The lowest BCUT2D eigenvalue weighted by atomic mass is 9.91. The number of hydrogen-bond donors (Lipinski definition) is 2. The fraction of sp³-hybridized carbons (Fsp3) is 0.684. The Hall–Kier alpha value is -0.900. The zero-order valence-electron chi connectivity index (χ0n) is 13.6. The zero-order valence-corrected chi connectivity index (χ0v) is 13.6. The summed E-state index contributed by atoms with van der Waals surface area (Å²) in [6, 6.07) is 11.7. The van der Waals surface area contributed by atoms with E-state index in [0.29, 0.717) is 12.1 Å². The molecule has 1 aromatic carbocycles. The Morgan fingerprint density at radius 1 is 1.00 bits per heavy atom. The lowest BCUT2D eigenvalue weighted by Crippen LogP contribution is -2.51. The number of nitrogens with one attached hydrogen (secondary N) is 1. The number of aliphatic hydroxyl groups excluding tert-OH is 1. The monoisotopic (exact) mass is 302 g/mol. The summed E-state index contributed by atoms with van der Waals surface area (Å²) in [5, 5.41) is 13.8. The van der Waals surface area contributed by atoms with Gasteiger partial charge in [-0.05, 0) is 50.8 Å². The van der Waals surface area contributed by atoms with Crippen LogP contribution in [0.1, 0.15) is 44.1 Å². The van der Waals surface area contributed by atoms with E-state index < -0.39 is 0 Å². The van der Waals surface area contributed by atoms with Gasteiger partial charge in [0.1, 0.15) is 0 Å². The molecule has 3 nitrogen and oxygen atoms in total. The highest BCUT2D eigenvalue weighted by Gasteiger charge is 2.27. The molecule has 1 heterocycles. The average molecular weight is 302 g/mol. The molecule has 3 rings (SSSR count). The lowest BCUT2D eigenvalue weighted by molar-refractivity contribution is 0.0766. The van der Waals surface area contributed by atoms with E-state index in [9.17, 15) is 5.11 Å². The number of rotatable bonds is 5. The molecule has 2 N–H and O–H groups in total. The average Bonchev–Trinajstić information content (AvgIpc) is 2.57. The van der Waals surface area contributed by atoms with Crippen LogP contribution in [0.4, 0.5) is 0 Å². The summed E-state index contributed by atoms with van der Waals surface area (Å²) < 4.78 is 0. The van der Waals surface area contributed by atoms with Gasteiger partial charge in [-0.1, -0.05) is 43.2 Å². The van der Waals surface area contributed by atoms with Gasteiger partial charge < -0.3 is 15.3 Å². The minimum absolute atomic E-state index is 0.120. The standard InChI is InChI=1S/C19H30N2O/c22-19-9-5-4-8-18(19)20-17-11-14-21(15-12-17)13-10-16-6-2-1-3-7-16/h1-3,6-7,17-20,22H,4-5,8-15H2. The van der Waals surface area contributed by atoms with Crippen LogP contribution in [0, 0.1) is 0 Å². The van der Waals surface area contributed by atoms with E-state index in [0.717, 1.165) is 19.3 Å². The number of nitrogens with zero attached hydrogens (tertiary/aromatic N) is 1. The molecule has 0 bridgehead atoms. The van der Waals surface area contributed by atoms with Crippen LogP contribution in [0.15, 0.2) is 30.3 Å². The fourth-order valence-corrected chi connectivity index (χ4v) is 3.86. The van der Waals surface area contributed by atoms with Crippen molar-refractivity contribution in [1.82, 2.24) is 10.2 Å². The van der Waals surface area contributed by atoms with Crippen LogP contribution in [0.2, 0.25) is 0 Å². The van der Waals surface area contributed by atoms with Gasteiger partial charge in [0.05, 0.1) is 6.10 Å². The smallest absolute Gasteiger partial charge is 0.0693 e. The molecule has 2 unspecified atom stereocenters. The Bertz CT molecular complexity index is 428. The van der Waals surface area contributed by atoms with E-state index in [1.807, 2.05) is 0 Å². The second-order valence-corrected chi connectivity index (χ2v) is 6.98. The minimum atomic E-state index is -0.120. The lowest BCUT2D eigenvalue weighted by Gasteiger charge is -2.37. The van der Waals surface area contributed by atoms with Crippen LogP contribution >= 0.6 is 0 Å². The Morgan fingerprint density at radius 3 is 2.45 bits per heavy atom. The Balaban J connectivity index is 1.37. The molecular formula is C19H30N2O. The molecule has 122 valence electrons. The highest BCUT2D eigenvalue weighted by molar-refractivity contribution is 5.14. The Morgan fingerprint density at radius 2 is 1.73 bits per heavy atom. The van der Waals surface area contributed by atoms with Gasteiger partial charge in [-0.3, -0.25) is 0 Å². The van der Waals surface area contributed by atoms with Gasteiger partial charge in [0, 0.05) is 18.6 Å². The Labute approximate surface area is 134 Å². The maximum absolute atomic E-state index is 10.1. The van der Waals surface area contributed by atoms with Crippen LogP contribution < -0.4 is 5.32 Å². The molecule has 0 radical (unpaired) electrons. The molecule has 3 heteroatoms. The van der Waals surface area contributed by atoms with Crippen molar-refractivity contribution in [3.05, 3.63) is 35.9 Å². The molecule has 2 aliphatic rings. The van der Waals surface area contributed by atoms with E-state index in [4.69, 9.17) is 0 Å². The molecular weight excluding hydrogens is 272 g/mol. The molecule has 2 atom stereocenters. The summed E-state index contributed by atoms with van der Waals surface area (Å²) in [6.07, 6.45) is 8.06. The van der Waals surface area contributed by atoms with E-state index in [1.165, 1.54) is 50.9 Å². The van der Waals surface area contributed by atoms with Gasteiger partial charge in [0.25, 0.3) is 0 Å². The van der Waals surface area contributed by atoms with Gasteiger partial charge in [-0.25, -0.2) is 0 Å². The first-order chi connectivity index (χ1) is 10.8. The fourth-order valence-electron chi connectivity index (χ4n) is 3.86. The van der Waals surface area contributed by atoms with Crippen LogP contribution in [0.25, 0.3) is 0 Å². The molecule has 1 aromatic rings. The molecule has 2 fully saturated rings. The molecule has 0 spiro atoms. The molecule has 22 heavy (non-hydrogen) atoms. The summed E-state index contributed by atoms with van der Waals surface area (Å²) in [7, 11) is 0. The summed E-state index contributed by atoms with van der Waals surface area (Å²) in [4.78, 5) is 2.59. The molecule has 1 saturated heterocycles. The number of aliphatic hydroxyl groups is 1. The predicted octanol–water partition coefficient (Wildman–Crippen LogP) is 2.59. The van der Waals surface area contributed by atoms with E-state index >= 15 is 0 Å².